The molecule has 2 heterocycles. The van der Waals surface area contributed by atoms with Gasteiger partial charge >= 0.3 is 0 Å². The van der Waals surface area contributed by atoms with E-state index in [1.807, 2.05) is 6.92 Å². The maximum Gasteiger partial charge on any atom is 0.146 e. The molecule has 0 aliphatic heterocycles. The van der Waals surface area contributed by atoms with Gasteiger partial charge in [-0.15, -0.1) is 0 Å². The van der Waals surface area contributed by atoms with Crippen molar-refractivity contribution in [1.29, 1.82) is 0 Å². The van der Waals surface area contributed by atoms with Crippen molar-refractivity contribution >= 4 is 16.9 Å². The SMILES string of the molecule is COCCCCCn1c(C)c(C)c2c(N)nc(C)nc21. The Morgan fingerprint density at radius 3 is 2.55 bits per heavy atom. The van der Waals surface area contributed by atoms with Crippen molar-refractivity contribution in [3.63, 3.8) is 0 Å². The molecule has 5 heteroatoms. The predicted molar refractivity (Wildman–Crippen MR) is 81.9 cm³/mol. The fourth-order valence-electron chi connectivity index (χ4n) is 2.64. The van der Waals surface area contributed by atoms with Crippen LogP contribution in [0.2, 0.25) is 0 Å². The summed E-state index contributed by atoms with van der Waals surface area (Å²) in [6.07, 6.45) is 3.38. The van der Waals surface area contributed by atoms with E-state index in [4.69, 9.17) is 10.5 Å². The molecule has 2 aromatic rings. The lowest BCUT2D eigenvalue weighted by Gasteiger charge is -2.08. The third-order valence-electron chi connectivity index (χ3n) is 3.84. The predicted octanol–water partition coefficient (Wildman–Crippen LogP) is 2.76. The van der Waals surface area contributed by atoms with Gasteiger partial charge in [0, 0.05) is 26.0 Å². The summed E-state index contributed by atoms with van der Waals surface area (Å²) in [6, 6.07) is 0. The molecule has 20 heavy (non-hydrogen) atoms. The Labute approximate surface area is 120 Å². The van der Waals surface area contributed by atoms with E-state index in [0.29, 0.717) is 5.82 Å². The number of ether oxygens (including phenoxy) is 1. The molecule has 0 atom stereocenters. The topological polar surface area (TPSA) is 66.0 Å². The van der Waals surface area contributed by atoms with E-state index in [-0.39, 0.29) is 0 Å². The Morgan fingerprint density at radius 2 is 1.85 bits per heavy atom. The lowest BCUT2D eigenvalue weighted by atomic mass is 10.2. The lowest BCUT2D eigenvalue weighted by molar-refractivity contribution is 0.191. The summed E-state index contributed by atoms with van der Waals surface area (Å²) < 4.78 is 7.35. The zero-order chi connectivity index (χ0) is 14.7. The minimum Gasteiger partial charge on any atom is -0.385 e. The minimum absolute atomic E-state index is 0.589. The fraction of sp³-hybridized carbons (Fsp3) is 0.600. The van der Waals surface area contributed by atoms with Crippen molar-refractivity contribution in [2.24, 2.45) is 0 Å². The van der Waals surface area contributed by atoms with Crippen LogP contribution < -0.4 is 5.73 Å². The molecule has 2 rings (SSSR count). The van der Waals surface area contributed by atoms with Gasteiger partial charge in [-0.2, -0.15) is 0 Å². The van der Waals surface area contributed by atoms with Crippen LogP contribution in [0.5, 0.6) is 0 Å². The molecule has 0 aromatic carbocycles. The Hall–Kier alpha value is -1.62. The van der Waals surface area contributed by atoms with Crippen LogP contribution in [0.25, 0.3) is 11.0 Å². The molecule has 0 bridgehead atoms. The maximum absolute atomic E-state index is 6.05. The number of nitrogens with two attached hydrogens (primary N) is 1. The van der Waals surface area contributed by atoms with Crippen LogP contribution in [0.4, 0.5) is 5.82 Å². The molecule has 0 aliphatic rings. The zero-order valence-corrected chi connectivity index (χ0v) is 12.9. The molecule has 0 aliphatic carbocycles. The zero-order valence-electron chi connectivity index (χ0n) is 12.9. The van der Waals surface area contributed by atoms with E-state index < -0.39 is 0 Å². The van der Waals surface area contributed by atoms with Gasteiger partial charge in [-0.05, 0) is 45.6 Å². The van der Waals surface area contributed by atoms with Crippen LogP contribution in [-0.4, -0.2) is 28.3 Å². The van der Waals surface area contributed by atoms with Crippen LogP contribution in [0, 0.1) is 20.8 Å². The van der Waals surface area contributed by atoms with Gasteiger partial charge in [0.25, 0.3) is 0 Å². The lowest BCUT2D eigenvalue weighted by Crippen LogP contribution is -2.04. The third-order valence-corrected chi connectivity index (χ3v) is 3.84. The van der Waals surface area contributed by atoms with E-state index in [1.165, 1.54) is 11.3 Å². The van der Waals surface area contributed by atoms with Gasteiger partial charge < -0.3 is 15.0 Å². The van der Waals surface area contributed by atoms with Crippen molar-refractivity contribution in [1.82, 2.24) is 14.5 Å². The Kier molecular flexibility index (Phi) is 4.60. The number of hydrogen-bond acceptors (Lipinski definition) is 4. The number of unbranched alkanes of at least 4 members (excludes halogenated alkanes) is 2. The minimum atomic E-state index is 0.589. The van der Waals surface area contributed by atoms with E-state index >= 15 is 0 Å². The molecule has 0 unspecified atom stereocenters. The molecule has 0 spiro atoms. The number of nitrogen functional groups attached to an aromatic ring is 1. The van der Waals surface area contributed by atoms with Crippen molar-refractivity contribution in [3.05, 3.63) is 17.1 Å². The summed E-state index contributed by atoms with van der Waals surface area (Å²) in [4.78, 5) is 8.85. The third kappa shape index (κ3) is 2.77. The first-order valence-electron chi connectivity index (χ1n) is 7.14. The van der Waals surface area contributed by atoms with Gasteiger partial charge in [0.1, 0.15) is 17.3 Å². The van der Waals surface area contributed by atoms with Gasteiger partial charge in [-0.1, -0.05) is 0 Å². The molecular formula is C15H24N4O. The molecule has 110 valence electrons. The van der Waals surface area contributed by atoms with Crippen LogP contribution in [-0.2, 0) is 11.3 Å². The number of hydrogen-bond donors (Lipinski definition) is 1. The first-order chi connectivity index (χ1) is 9.56. The molecule has 0 saturated heterocycles. The van der Waals surface area contributed by atoms with Gasteiger partial charge in [0.15, 0.2) is 0 Å². The van der Waals surface area contributed by atoms with Gasteiger partial charge in [0.2, 0.25) is 0 Å². The molecule has 2 N–H and O–H groups in total. The number of fused-ring (bicyclic) bond motifs is 1. The van der Waals surface area contributed by atoms with Gasteiger partial charge in [-0.25, -0.2) is 9.97 Å². The first kappa shape index (κ1) is 14.8. The second-order valence-electron chi connectivity index (χ2n) is 5.27. The number of nitrogens with zero attached hydrogens (tertiary/aromatic N) is 3. The Morgan fingerprint density at radius 1 is 1.10 bits per heavy atom. The van der Waals surface area contributed by atoms with Crippen LogP contribution in [0.15, 0.2) is 0 Å². The van der Waals surface area contributed by atoms with Gasteiger partial charge in [-0.3, -0.25) is 0 Å². The average Bonchev–Trinajstić information content (AvgIpc) is 2.63. The van der Waals surface area contributed by atoms with Gasteiger partial charge in [0.05, 0.1) is 5.39 Å². The van der Waals surface area contributed by atoms with Crippen molar-refractivity contribution < 1.29 is 4.74 Å². The van der Waals surface area contributed by atoms with Crippen molar-refractivity contribution in [3.8, 4) is 0 Å². The van der Waals surface area contributed by atoms with Crippen LogP contribution in [0.3, 0.4) is 0 Å². The molecule has 0 saturated carbocycles. The van der Waals surface area contributed by atoms with E-state index in [2.05, 4.69) is 28.4 Å². The first-order valence-corrected chi connectivity index (χ1v) is 7.14. The summed E-state index contributed by atoms with van der Waals surface area (Å²) in [5, 5.41) is 1.00. The second kappa shape index (κ2) is 6.22. The summed E-state index contributed by atoms with van der Waals surface area (Å²) >= 11 is 0. The summed E-state index contributed by atoms with van der Waals surface area (Å²) in [6.45, 7) is 7.90. The summed E-state index contributed by atoms with van der Waals surface area (Å²) in [5.41, 5.74) is 9.45. The highest BCUT2D eigenvalue weighted by Gasteiger charge is 2.15. The number of aromatic nitrogens is 3. The molecular weight excluding hydrogens is 252 g/mol. The number of aryl methyl sites for hydroxylation is 3. The highest BCUT2D eigenvalue weighted by molar-refractivity contribution is 5.91. The quantitative estimate of drug-likeness (QED) is 0.824. The van der Waals surface area contributed by atoms with E-state index in [0.717, 1.165) is 49.3 Å². The smallest absolute Gasteiger partial charge is 0.146 e. The second-order valence-corrected chi connectivity index (χ2v) is 5.27. The maximum atomic E-state index is 6.05. The molecule has 0 fully saturated rings. The van der Waals surface area contributed by atoms with Crippen LogP contribution >= 0.6 is 0 Å². The summed E-state index contributed by atoms with van der Waals surface area (Å²) in [7, 11) is 1.75. The monoisotopic (exact) mass is 276 g/mol. The van der Waals surface area contributed by atoms with E-state index in [1.54, 1.807) is 7.11 Å². The fourth-order valence-corrected chi connectivity index (χ4v) is 2.64. The van der Waals surface area contributed by atoms with Crippen LogP contribution in [0.1, 0.15) is 36.3 Å². The largest absolute Gasteiger partial charge is 0.385 e. The van der Waals surface area contributed by atoms with Crippen molar-refractivity contribution in [2.75, 3.05) is 19.5 Å². The number of anilines is 1. The average molecular weight is 276 g/mol. The summed E-state index contributed by atoms with van der Waals surface area (Å²) in [5.74, 6) is 1.32. The molecule has 2 aromatic heterocycles. The van der Waals surface area contributed by atoms with Crippen molar-refractivity contribution in [2.45, 2.75) is 46.6 Å². The Bertz CT molecular complexity index is 604. The number of rotatable bonds is 6. The highest BCUT2D eigenvalue weighted by Crippen LogP contribution is 2.28. The molecule has 0 radical (unpaired) electrons. The molecule has 0 amide bonds. The van der Waals surface area contributed by atoms with E-state index in [9.17, 15) is 0 Å². The molecule has 5 nitrogen and oxygen atoms in total. The normalized spacial score (nSPS) is 11.4. The standard InChI is InChI=1S/C15H24N4O/c1-10-11(2)19(8-6-5-7-9-20-4)15-13(10)14(16)17-12(3)18-15/h5-9H2,1-4H3,(H2,16,17,18). The highest BCUT2D eigenvalue weighted by atomic mass is 16.5. The Balaban J connectivity index is 2.26. The number of methoxy groups -OCH3 is 1.